The molecule has 0 radical (unpaired) electrons. The normalized spacial score (nSPS) is 10.3. The van der Waals surface area contributed by atoms with Gasteiger partial charge in [0.2, 0.25) is 0 Å². The highest BCUT2D eigenvalue weighted by molar-refractivity contribution is 5.87. The van der Waals surface area contributed by atoms with Crippen molar-refractivity contribution in [1.82, 2.24) is 9.78 Å². The number of aryl methyl sites for hydroxylation is 1. The molecular formula is C13H14N2O3. The van der Waals surface area contributed by atoms with E-state index in [1.165, 1.54) is 0 Å². The first-order valence-corrected chi connectivity index (χ1v) is 5.66. The lowest BCUT2D eigenvalue weighted by atomic mass is 10.1. The number of benzene rings is 1. The van der Waals surface area contributed by atoms with E-state index in [0.29, 0.717) is 12.4 Å². The number of rotatable bonds is 5. The van der Waals surface area contributed by atoms with Gasteiger partial charge in [-0.05, 0) is 24.6 Å². The van der Waals surface area contributed by atoms with Gasteiger partial charge in [-0.15, -0.1) is 0 Å². The van der Waals surface area contributed by atoms with E-state index in [1.807, 2.05) is 13.1 Å². The molecule has 0 amide bonds. The maximum Gasteiger partial charge on any atom is 0.335 e. The molecule has 0 saturated carbocycles. The summed E-state index contributed by atoms with van der Waals surface area (Å²) in [6.07, 6.45) is 3.49. The molecular weight excluding hydrogens is 232 g/mol. The van der Waals surface area contributed by atoms with E-state index >= 15 is 0 Å². The molecule has 1 aromatic heterocycles. The van der Waals surface area contributed by atoms with Gasteiger partial charge in [-0.1, -0.05) is 12.1 Å². The lowest BCUT2D eigenvalue weighted by Gasteiger charge is -2.03. The van der Waals surface area contributed by atoms with Gasteiger partial charge in [-0.25, -0.2) is 4.79 Å². The zero-order valence-corrected chi connectivity index (χ0v) is 10.0. The first kappa shape index (κ1) is 12.2. The number of aromatic carboxylic acids is 1. The molecule has 2 rings (SSSR count). The molecule has 0 aliphatic rings. The van der Waals surface area contributed by atoms with Crippen molar-refractivity contribution >= 4 is 5.97 Å². The molecule has 1 heterocycles. The fourth-order valence-electron chi connectivity index (χ4n) is 1.50. The van der Waals surface area contributed by atoms with E-state index in [0.717, 1.165) is 12.1 Å². The second-order valence-electron chi connectivity index (χ2n) is 3.82. The molecule has 5 heteroatoms. The van der Waals surface area contributed by atoms with Crippen LogP contribution in [0, 0.1) is 0 Å². The van der Waals surface area contributed by atoms with E-state index in [1.54, 1.807) is 35.1 Å². The summed E-state index contributed by atoms with van der Waals surface area (Å²) in [6.45, 7) is 3.20. The molecule has 0 bridgehead atoms. The minimum Gasteiger partial charge on any atom is -0.486 e. The fraction of sp³-hybridized carbons (Fsp3) is 0.231. The number of carbonyl (C=O) groups is 1. The Morgan fingerprint density at radius 3 is 2.67 bits per heavy atom. The van der Waals surface area contributed by atoms with Crippen molar-refractivity contribution in [3.05, 3.63) is 47.8 Å². The first-order valence-electron chi connectivity index (χ1n) is 5.66. The van der Waals surface area contributed by atoms with Crippen molar-refractivity contribution in [2.24, 2.45) is 0 Å². The van der Waals surface area contributed by atoms with Crippen molar-refractivity contribution < 1.29 is 14.6 Å². The predicted octanol–water partition coefficient (Wildman–Crippen LogP) is 2.18. The Morgan fingerprint density at radius 2 is 2.11 bits per heavy atom. The van der Waals surface area contributed by atoms with Gasteiger partial charge in [-0.3, -0.25) is 4.68 Å². The van der Waals surface area contributed by atoms with Crippen LogP contribution < -0.4 is 4.74 Å². The average molecular weight is 246 g/mol. The Bertz CT molecular complexity index is 531. The minimum absolute atomic E-state index is 0.276. The average Bonchev–Trinajstić information content (AvgIpc) is 2.85. The molecule has 1 aromatic carbocycles. The highest BCUT2D eigenvalue weighted by atomic mass is 16.5. The molecule has 0 unspecified atom stereocenters. The van der Waals surface area contributed by atoms with Crippen LogP contribution in [0.4, 0.5) is 0 Å². The summed E-state index contributed by atoms with van der Waals surface area (Å²) in [6, 6.07) is 6.62. The summed E-state index contributed by atoms with van der Waals surface area (Å²) in [4.78, 5) is 10.7. The molecule has 18 heavy (non-hydrogen) atoms. The Kier molecular flexibility index (Phi) is 3.62. The van der Waals surface area contributed by atoms with E-state index in [2.05, 4.69) is 5.10 Å². The van der Waals surface area contributed by atoms with Gasteiger partial charge in [0, 0.05) is 6.54 Å². The van der Waals surface area contributed by atoms with E-state index in [9.17, 15) is 4.79 Å². The SMILES string of the molecule is CCn1cc(OCc2ccc(C(=O)O)cc2)cn1. The van der Waals surface area contributed by atoms with Crippen LogP contribution in [0.5, 0.6) is 5.75 Å². The zero-order chi connectivity index (χ0) is 13.0. The second-order valence-corrected chi connectivity index (χ2v) is 3.82. The Labute approximate surface area is 105 Å². The van der Waals surface area contributed by atoms with Gasteiger partial charge in [0.1, 0.15) is 6.61 Å². The fourth-order valence-corrected chi connectivity index (χ4v) is 1.50. The van der Waals surface area contributed by atoms with Crippen molar-refractivity contribution in [1.29, 1.82) is 0 Å². The van der Waals surface area contributed by atoms with E-state index < -0.39 is 5.97 Å². The smallest absolute Gasteiger partial charge is 0.335 e. The van der Waals surface area contributed by atoms with Crippen LogP contribution in [0.1, 0.15) is 22.8 Å². The third-order valence-electron chi connectivity index (χ3n) is 2.54. The number of hydrogen-bond acceptors (Lipinski definition) is 3. The van der Waals surface area contributed by atoms with Crippen LogP contribution in [0.25, 0.3) is 0 Å². The van der Waals surface area contributed by atoms with Crippen molar-refractivity contribution in [3.8, 4) is 5.75 Å². The van der Waals surface area contributed by atoms with Crippen molar-refractivity contribution in [2.75, 3.05) is 0 Å². The molecule has 0 spiro atoms. The van der Waals surface area contributed by atoms with Gasteiger partial charge < -0.3 is 9.84 Å². The lowest BCUT2D eigenvalue weighted by Crippen LogP contribution is -1.98. The Balaban J connectivity index is 1.95. The second kappa shape index (κ2) is 5.35. The van der Waals surface area contributed by atoms with Crippen LogP contribution in [0.3, 0.4) is 0 Å². The van der Waals surface area contributed by atoms with Gasteiger partial charge in [-0.2, -0.15) is 5.10 Å². The van der Waals surface area contributed by atoms with Gasteiger partial charge in [0.15, 0.2) is 5.75 Å². The summed E-state index contributed by atoms with van der Waals surface area (Å²) >= 11 is 0. The number of carboxylic acids is 1. The maximum absolute atomic E-state index is 10.7. The maximum atomic E-state index is 10.7. The topological polar surface area (TPSA) is 64.3 Å². The molecule has 0 fully saturated rings. The highest BCUT2D eigenvalue weighted by Gasteiger charge is 2.03. The molecule has 0 aliphatic carbocycles. The van der Waals surface area contributed by atoms with Gasteiger partial charge in [0.25, 0.3) is 0 Å². The van der Waals surface area contributed by atoms with Crippen LogP contribution in [0.2, 0.25) is 0 Å². The molecule has 0 saturated heterocycles. The third kappa shape index (κ3) is 2.88. The molecule has 94 valence electrons. The minimum atomic E-state index is -0.924. The predicted molar refractivity (Wildman–Crippen MR) is 65.6 cm³/mol. The number of carboxylic acid groups (broad SMARTS) is 1. The van der Waals surface area contributed by atoms with Crippen molar-refractivity contribution in [2.45, 2.75) is 20.1 Å². The lowest BCUT2D eigenvalue weighted by molar-refractivity contribution is 0.0697. The quantitative estimate of drug-likeness (QED) is 0.878. The molecule has 1 N–H and O–H groups in total. The summed E-state index contributed by atoms with van der Waals surface area (Å²) in [5.41, 5.74) is 1.20. The number of nitrogens with zero attached hydrogens (tertiary/aromatic N) is 2. The van der Waals surface area contributed by atoms with Gasteiger partial charge >= 0.3 is 5.97 Å². The highest BCUT2D eigenvalue weighted by Crippen LogP contribution is 2.12. The summed E-state index contributed by atoms with van der Waals surface area (Å²) in [7, 11) is 0. The monoisotopic (exact) mass is 246 g/mol. The summed E-state index contributed by atoms with van der Waals surface area (Å²) in [5.74, 6) is -0.217. The first-order chi connectivity index (χ1) is 8.69. The van der Waals surface area contributed by atoms with Crippen LogP contribution >= 0.6 is 0 Å². The largest absolute Gasteiger partial charge is 0.486 e. The standard InChI is InChI=1S/C13H14N2O3/c1-2-15-8-12(7-14-15)18-9-10-3-5-11(6-4-10)13(16)17/h3-8H,2,9H2,1H3,(H,16,17). The Hall–Kier alpha value is -2.30. The van der Waals surface area contributed by atoms with E-state index in [-0.39, 0.29) is 5.56 Å². The molecule has 0 aliphatic heterocycles. The molecule has 5 nitrogen and oxygen atoms in total. The molecule has 0 atom stereocenters. The zero-order valence-electron chi connectivity index (χ0n) is 10.0. The van der Waals surface area contributed by atoms with Crippen LogP contribution in [-0.4, -0.2) is 20.9 Å². The molecule has 2 aromatic rings. The van der Waals surface area contributed by atoms with Crippen LogP contribution in [0.15, 0.2) is 36.7 Å². The number of ether oxygens (including phenoxy) is 1. The van der Waals surface area contributed by atoms with Crippen LogP contribution in [-0.2, 0) is 13.2 Å². The third-order valence-corrected chi connectivity index (χ3v) is 2.54. The Morgan fingerprint density at radius 1 is 1.39 bits per heavy atom. The number of aromatic nitrogens is 2. The van der Waals surface area contributed by atoms with Crippen molar-refractivity contribution in [3.63, 3.8) is 0 Å². The van der Waals surface area contributed by atoms with Gasteiger partial charge in [0.05, 0.1) is 18.0 Å². The summed E-state index contributed by atoms with van der Waals surface area (Å²) < 4.78 is 7.32. The van der Waals surface area contributed by atoms with E-state index in [4.69, 9.17) is 9.84 Å². The number of hydrogen-bond donors (Lipinski definition) is 1. The summed E-state index contributed by atoms with van der Waals surface area (Å²) in [5, 5.41) is 12.9.